The average molecular weight is 418 g/mol. The molecule has 1 saturated heterocycles. The van der Waals surface area contributed by atoms with Gasteiger partial charge in [-0.05, 0) is 37.4 Å². The van der Waals surface area contributed by atoms with Gasteiger partial charge in [-0.15, -0.1) is 0 Å². The van der Waals surface area contributed by atoms with E-state index in [-0.39, 0.29) is 5.82 Å². The molecule has 0 spiro atoms. The number of likely N-dealkylation sites (N-methyl/N-ethyl adjacent to an activating group) is 1. The number of rotatable bonds is 4. The highest BCUT2D eigenvalue weighted by atomic mass is 19.1. The quantitative estimate of drug-likeness (QED) is 0.506. The third kappa shape index (κ3) is 3.59. The van der Waals surface area contributed by atoms with Crippen LogP contribution in [0, 0.1) is 5.82 Å². The van der Waals surface area contributed by atoms with Gasteiger partial charge in [0.1, 0.15) is 17.4 Å². The Labute approximate surface area is 179 Å². The molecule has 4 heterocycles. The van der Waals surface area contributed by atoms with Crippen LogP contribution in [0.15, 0.2) is 54.9 Å². The van der Waals surface area contributed by atoms with Crippen molar-refractivity contribution in [3.05, 3.63) is 60.7 Å². The maximum Gasteiger partial charge on any atom is 0.156 e. The molecule has 0 atom stereocenters. The van der Waals surface area contributed by atoms with Gasteiger partial charge in [0.25, 0.3) is 0 Å². The van der Waals surface area contributed by atoms with Crippen molar-refractivity contribution in [2.24, 2.45) is 0 Å². The number of benzene rings is 1. The van der Waals surface area contributed by atoms with Crippen molar-refractivity contribution in [1.82, 2.24) is 24.6 Å². The number of hydrogen-bond acceptors (Lipinski definition) is 6. The summed E-state index contributed by atoms with van der Waals surface area (Å²) in [7, 11) is 3.65. The second-order valence-electron chi connectivity index (χ2n) is 7.65. The van der Waals surface area contributed by atoms with Gasteiger partial charge >= 0.3 is 0 Å². The molecule has 158 valence electrons. The van der Waals surface area contributed by atoms with Crippen molar-refractivity contribution in [3.63, 3.8) is 0 Å². The Bertz CT molecular complexity index is 1230. The number of halogens is 1. The van der Waals surface area contributed by atoms with Crippen LogP contribution in [0.2, 0.25) is 0 Å². The van der Waals surface area contributed by atoms with E-state index >= 15 is 0 Å². The molecule has 7 nitrogen and oxygen atoms in total. The van der Waals surface area contributed by atoms with Gasteiger partial charge in [0.05, 0.1) is 30.1 Å². The normalized spacial score (nSPS) is 14.9. The SMILES string of the molecule is COc1cccc(F)c1-c1cc2c(cn1)cnn2-c1cccc(N2CCN(C)CC2)n1. The third-order valence-corrected chi connectivity index (χ3v) is 5.67. The summed E-state index contributed by atoms with van der Waals surface area (Å²) in [6.07, 6.45) is 3.44. The van der Waals surface area contributed by atoms with E-state index < -0.39 is 0 Å². The lowest BCUT2D eigenvalue weighted by molar-refractivity contribution is 0.312. The molecule has 0 saturated carbocycles. The maximum absolute atomic E-state index is 14.6. The fraction of sp³-hybridized carbons (Fsp3) is 0.261. The van der Waals surface area contributed by atoms with E-state index in [9.17, 15) is 4.39 Å². The van der Waals surface area contributed by atoms with Crippen molar-refractivity contribution in [1.29, 1.82) is 0 Å². The van der Waals surface area contributed by atoms with E-state index in [1.165, 1.54) is 13.2 Å². The lowest BCUT2D eigenvalue weighted by Gasteiger charge is -2.33. The molecule has 0 amide bonds. The molecule has 1 aromatic carbocycles. The van der Waals surface area contributed by atoms with Crippen LogP contribution in [0.25, 0.3) is 28.0 Å². The molecule has 5 rings (SSSR count). The van der Waals surface area contributed by atoms with Crippen LogP contribution < -0.4 is 9.64 Å². The van der Waals surface area contributed by atoms with Gasteiger partial charge in [-0.25, -0.2) is 14.1 Å². The van der Waals surface area contributed by atoms with Crippen molar-refractivity contribution < 1.29 is 9.13 Å². The zero-order chi connectivity index (χ0) is 21.4. The maximum atomic E-state index is 14.6. The molecule has 0 aliphatic carbocycles. The number of methoxy groups -OCH3 is 1. The zero-order valence-corrected chi connectivity index (χ0v) is 17.5. The van der Waals surface area contributed by atoms with Gasteiger partial charge in [-0.2, -0.15) is 5.10 Å². The molecule has 0 bridgehead atoms. The summed E-state index contributed by atoms with van der Waals surface area (Å²) in [5, 5.41) is 5.38. The lowest BCUT2D eigenvalue weighted by atomic mass is 10.1. The molecule has 0 N–H and O–H groups in total. The minimum absolute atomic E-state index is 0.332. The summed E-state index contributed by atoms with van der Waals surface area (Å²) < 4.78 is 21.7. The molecule has 1 fully saturated rings. The van der Waals surface area contributed by atoms with Gasteiger partial charge in [0.15, 0.2) is 5.82 Å². The van der Waals surface area contributed by atoms with E-state index in [4.69, 9.17) is 9.72 Å². The molecule has 4 aromatic rings. The van der Waals surface area contributed by atoms with Crippen molar-refractivity contribution in [3.8, 4) is 22.8 Å². The first-order valence-corrected chi connectivity index (χ1v) is 10.2. The smallest absolute Gasteiger partial charge is 0.156 e. The molecule has 1 aliphatic rings. The van der Waals surface area contributed by atoms with E-state index in [0.29, 0.717) is 22.8 Å². The molecular weight excluding hydrogens is 395 g/mol. The van der Waals surface area contributed by atoms with Crippen LogP contribution in [0.1, 0.15) is 0 Å². The molecule has 0 unspecified atom stereocenters. The summed E-state index contributed by atoms with van der Waals surface area (Å²) in [5.74, 6) is 1.70. The van der Waals surface area contributed by atoms with E-state index in [2.05, 4.69) is 26.9 Å². The predicted octanol–water partition coefficient (Wildman–Crippen LogP) is 3.38. The predicted molar refractivity (Wildman–Crippen MR) is 118 cm³/mol. The van der Waals surface area contributed by atoms with Crippen LogP contribution in [0.5, 0.6) is 5.75 Å². The second-order valence-corrected chi connectivity index (χ2v) is 7.65. The fourth-order valence-corrected chi connectivity index (χ4v) is 3.90. The van der Waals surface area contributed by atoms with Crippen LogP contribution in [-0.2, 0) is 0 Å². The Morgan fingerprint density at radius 1 is 0.968 bits per heavy atom. The average Bonchev–Trinajstić information content (AvgIpc) is 3.22. The highest BCUT2D eigenvalue weighted by Crippen LogP contribution is 2.33. The summed E-state index contributed by atoms with van der Waals surface area (Å²) >= 11 is 0. The Kier molecular flexibility index (Phi) is 4.99. The topological polar surface area (TPSA) is 59.3 Å². The van der Waals surface area contributed by atoms with Gasteiger partial charge in [0, 0.05) is 37.8 Å². The Morgan fingerprint density at radius 3 is 2.55 bits per heavy atom. The third-order valence-electron chi connectivity index (χ3n) is 5.67. The van der Waals surface area contributed by atoms with Crippen LogP contribution >= 0.6 is 0 Å². The number of hydrogen-bond donors (Lipinski definition) is 0. The first kappa shape index (κ1) is 19.4. The zero-order valence-electron chi connectivity index (χ0n) is 17.5. The molecule has 1 aliphatic heterocycles. The number of fused-ring (bicyclic) bond motifs is 1. The molecule has 8 heteroatoms. The lowest BCUT2D eigenvalue weighted by Crippen LogP contribution is -2.44. The van der Waals surface area contributed by atoms with Crippen LogP contribution in [0.4, 0.5) is 10.2 Å². The standard InChI is InChI=1S/C23H23FN6O/c1-28-9-11-29(12-10-28)21-7-4-8-22(27-21)30-19-13-18(25-14-16(19)15-26-30)23-17(24)5-3-6-20(23)31-2/h3-8,13-15H,9-12H2,1-2H3. The summed E-state index contributed by atoms with van der Waals surface area (Å²) in [4.78, 5) is 13.9. The first-order valence-electron chi connectivity index (χ1n) is 10.2. The van der Waals surface area contributed by atoms with E-state index in [1.807, 2.05) is 24.3 Å². The first-order chi connectivity index (χ1) is 15.1. The molecule has 3 aromatic heterocycles. The molecule has 0 radical (unpaired) electrons. The number of piperazine rings is 1. The second kappa shape index (κ2) is 7.96. The molecular formula is C23H23FN6O. The Balaban J connectivity index is 1.56. The van der Waals surface area contributed by atoms with Gasteiger partial charge in [-0.3, -0.25) is 4.98 Å². The minimum atomic E-state index is -0.382. The molecule has 31 heavy (non-hydrogen) atoms. The highest BCUT2D eigenvalue weighted by Gasteiger charge is 2.18. The highest BCUT2D eigenvalue weighted by molar-refractivity contribution is 5.84. The number of ether oxygens (including phenoxy) is 1. The van der Waals surface area contributed by atoms with Crippen LogP contribution in [-0.4, -0.2) is 65.0 Å². The van der Waals surface area contributed by atoms with Crippen molar-refractivity contribution >= 4 is 16.7 Å². The number of pyridine rings is 2. The summed E-state index contributed by atoms with van der Waals surface area (Å²) in [6.45, 7) is 3.90. The number of anilines is 1. The largest absolute Gasteiger partial charge is 0.496 e. The monoisotopic (exact) mass is 418 g/mol. The van der Waals surface area contributed by atoms with Crippen molar-refractivity contribution in [2.45, 2.75) is 0 Å². The number of nitrogens with zero attached hydrogens (tertiary/aromatic N) is 6. The van der Waals surface area contributed by atoms with E-state index in [1.54, 1.807) is 29.2 Å². The Hall–Kier alpha value is -3.52. The van der Waals surface area contributed by atoms with Gasteiger partial charge < -0.3 is 14.5 Å². The van der Waals surface area contributed by atoms with Gasteiger partial charge in [0.2, 0.25) is 0 Å². The van der Waals surface area contributed by atoms with Crippen LogP contribution in [0.3, 0.4) is 0 Å². The van der Waals surface area contributed by atoms with E-state index in [0.717, 1.165) is 42.9 Å². The summed E-state index contributed by atoms with van der Waals surface area (Å²) in [5.41, 5.74) is 1.62. The van der Waals surface area contributed by atoms with Gasteiger partial charge in [-0.1, -0.05) is 12.1 Å². The number of aromatic nitrogens is 4. The fourth-order valence-electron chi connectivity index (χ4n) is 3.90. The minimum Gasteiger partial charge on any atom is -0.496 e. The van der Waals surface area contributed by atoms with Crippen molar-refractivity contribution in [2.75, 3.05) is 45.2 Å². The Morgan fingerprint density at radius 2 is 1.74 bits per heavy atom. The summed E-state index contributed by atoms with van der Waals surface area (Å²) in [6, 6.07) is 12.5.